The number of anilines is 1. The van der Waals surface area contributed by atoms with Gasteiger partial charge in [-0.2, -0.15) is 0 Å². The zero-order chi connectivity index (χ0) is 17.4. The Labute approximate surface area is 156 Å². The fraction of sp³-hybridized carbons (Fsp3) is 0.571. The maximum Gasteiger partial charge on any atom is 0.129 e. The minimum Gasteiger partial charge on any atom is -0.357 e. The molecule has 2 aromatic heterocycles. The van der Waals surface area contributed by atoms with E-state index in [1.807, 2.05) is 6.20 Å². The summed E-state index contributed by atoms with van der Waals surface area (Å²) in [6, 6.07) is 5.02. The standard InChI is InChI=1S/C21H28ClN3/c1-24-11-10-17(20(24)12-15-8-9-15)18-13-21(23-14-19(18)22)25(2)16-6-4-3-5-7-16/h10-11,13-16H,3-9,12H2,1-2H3. The minimum absolute atomic E-state index is 0.608. The number of aromatic nitrogens is 2. The van der Waals surface area contributed by atoms with Crippen LogP contribution in [0.1, 0.15) is 50.6 Å². The van der Waals surface area contributed by atoms with Crippen molar-refractivity contribution >= 4 is 17.4 Å². The number of aryl methyl sites for hydroxylation is 1. The van der Waals surface area contributed by atoms with Crippen LogP contribution in [0.2, 0.25) is 5.02 Å². The van der Waals surface area contributed by atoms with Crippen molar-refractivity contribution in [2.24, 2.45) is 13.0 Å². The van der Waals surface area contributed by atoms with Crippen LogP contribution in [0.4, 0.5) is 5.82 Å². The normalized spacial score (nSPS) is 18.5. The highest BCUT2D eigenvalue weighted by atomic mass is 35.5. The smallest absolute Gasteiger partial charge is 0.129 e. The topological polar surface area (TPSA) is 21.1 Å². The van der Waals surface area contributed by atoms with Crippen molar-refractivity contribution < 1.29 is 0 Å². The molecule has 0 spiro atoms. The Morgan fingerprint density at radius 2 is 1.92 bits per heavy atom. The molecule has 4 rings (SSSR count). The van der Waals surface area contributed by atoms with Gasteiger partial charge in [-0.05, 0) is 50.2 Å². The number of pyridine rings is 1. The van der Waals surface area contributed by atoms with E-state index >= 15 is 0 Å². The SMILES string of the molecule is CN(c1cc(-c2ccn(C)c2CC2CC2)c(Cl)cn1)C1CCCCC1. The third-order valence-corrected chi connectivity index (χ3v) is 6.30. The minimum atomic E-state index is 0.608. The van der Waals surface area contributed by atoms with Crippen LogP contribution in [0.5, 0.6) is 0 Å². The van der Waals surface area contributed by atoms with Gasteiger partial charge in [0.1, 0.15) is 5.82 Å². The van der Waals surface area contributed by atoms with Gasteiger partial charge in [-0.15, -0.1) is 0 Å². The molecule has 0 amide bonds. The lowest BCUT2D eigenvalue weighted by Gasteiger charge is -2.32. The van der Waals surface area contributed by atoms with Gasteiger partial charge in [-0.3, -0.25) is 0 Å². The summed E-state index contributed by atoms with van der Waals surface area (Å²) in [5.41, 5.74) is 3.81. The van der Waals surface area contributed by atoms with Gasteiger partial charge in [0.15, 0.2) is 0 Å². The lowest BCUT2D eigenvalue weighted by atomic mass is 9.94. The molecule has 25 heavy (non-hydrogen) atoms. The molecule has 0 atom stereocenters. The van der Waals surface area contributed by atoms with Gasteiger partial charge in [-0.25, -0.2) is 4.98 Å². The number of hydrogen-bond donors (Lipinski definition) is 0. The monoisotopic (exact) mass is 357 g/mol. The average Bonchev–Trinajstić information content (AvgIpc) is 3.39. The Morgan fingerprint density at radius 1 is 1.16 bits per heavy atom. The van der Waals surface area contributed by atoms with Crippen molar-refractivity contribution in [3.63, 3.8) is 0 Å². The lowest BCUT2D eigenvalue weighted by molar-refractivity contribution is 0.426. The maximum absolute atomic E-state index is 6.56. The highest BCUT2D eigenvalue weighted by Gasteiger charge is 2.25. The largest absolute Gasteiger partial charge is 0.357 e. The van der Waals surface area contributed by atoms with E-state index in [1.165, 1.54) is 56.2 Å². The van der Waals surface area contributed by atoms with Gasteiger partial charge in [0.05, 0.1) is 5.02 Å². The van der Waals surface area contributed by atoms with E-state index < -0.39 is 0 Å². The molecule has 2 heterocycles. The van der Waals surface area contributed by atoms with Gasteiger partial charge in [-0.1, -0.05) is 30.9 Å². The Hall–Kier alpha value is -1.48. The molecule has 0 saturated heterocycles. The predicted octanol–water partition coefficient (Wildman–Crippen LogP) is 5.46. The van der Waals surface area contributed by atoms with Crippen LogP contribution in [0, 0.1) is 5.92 Å². The number of nitrogens with zero attached hydrogens (tertiary/aromatic N) is 3. The molecule has 0 radical (unpaired) electrons. The highest BCUT2D eigenvalue weighted by Crippen LogP contribution is 2.39. The van der Waals surface area contributed by atoms with E-state index in [1.54, 1.807) is 0 Å². The van der Waals surface area contributed by atoms with Crippen LogP contribution in [-0.2, 0) is 13.5 Å². The Morgan fingerprint density at radius 3 is 2.64 bits per heavy atom. The summed E-state index contributed by atoms with van der Waals surface area (Å²) in [5.74, 6) is 1.91. The van der Waals surface area contributed by atoms with Crippen molar-refractivity contribution in [2.45, 2.75) is 57.4 Å². The Balaban J connectivity index is 1.66. The highest BCUT2D eigenvalue weighted by molar-refractivity contribution is 6.33. The summed E-state index contributed by atoms with van der Waals surface area (Å²) in [5, 5.41) is 0.754. The van der Waals surface area contributed by atoms with E-state index in [9.17, 15) is 0 Å². The molecule has 0 aliphatic heterocycles. The van der Waals surface area contributed by atoms with Crippen molar-refractivity contribution in [1.29, 1.82) is 0 Å². The first-order chi connectivity index (χ1) is 12.1. The second-order valence-electron chi connectivity index (χ2n) is 7.86. The van der Waals surface area contributed by atoms with Gasteiger partial charge >= 0.3 is 0 Å². The molecule has 2 saturated carbocycles. The molecule has 2 fully saturated rings. The molecule has 0 N–H and O–H groups in total. The van der Waals surface area contributed by atoms with Crippen molar-refractivity contribution in [1.82, 2.24) is 9.55 Å². The van der Waals surface area contributed by atoms with Crippen molar-refractivity contribution in [3.05, 3.63) is 35.2 Å². The van der Waals surface area contributed by atoms with Gasteiger partial charge in [0.2, 0.25) is 0 Å². The van der Waals surface area contributed by atoms with E-state index in [4.69, 9.17) is 11.6 Å². The molecule has 2 aliphatic carbocycles. The molecule has 0 aromatic carbocycles. The summed E-state index contributed by atoms with van der Waals surface area (Å²) >= 11 is 6.56. The zero-order valence-corrected chi connectivity index (χ0v) is 16.1. The summed E-state index contributed by atoms with van der Waals surface area (Å²) in [4.78, 5) is 7.00. The molecular formula is C21H28ClN3. The average molecular weight is 358 g/mol. The Bertz CT molecular complexity index is 742. The number of rotatable bonds is 5. The number of halogens is 1. The second kappa shape index (κ2) is 7.03. The first-order valence-electron chi connectivity index (χ1n) is 9.66. The molecule has 2 aliphatic rings. The van der Waals surface area contributed by atoms with Crippen LogP contribution >= 0.6 is 11.6 Å². The zero-order valence-electron chi connectivity index (χ0n) is 15.3. The van der Waals surface area contributed by atoms with Gasteiger partial charge < -0.3 is 9.47 Å². The van der Waals surface area contributed by atoms with Crippen LogP contribution in [-0.4, -0.2) is 22.6 Å². The van der Waals surface area contributed by atoms with Crippen molar-refractivity contribution in [3.8, 4) is 11.1 Å². The Kier molecular flexibility index (Phi) is 4.77. The fourth-order valence-corrected chi connectivity index (χ4v) is 4.34. The molecule has 2 aromatic rings. The van der Waals surface area contributed by atoms with E-state index in [0.29, 0.717) is 6.04 Å². The van der Waals surface area contributed by atoms with E-state index in [-0.39, 0.29) is 0 Å². The molecular weight excluding hydrogens is 330 g/mol. The third kappa shape index (κ3) is 3.57. The summed E-state index contributed by atoms with van der Waals surface area (Å²) in [6.07, 6.45) is 14.5. The molecule has 0 unspecified atom stereocenters. The van der Waals surface area contributed by atoms with Crippen LogP contribution in [0.15, 0.2) is 24.5 Å². The first kappa shape index (κ1) is 17.0. The molecule has 134 valence electrons. The fourth-order valence-electron chi connectivity index (χ4n) is 4.14. The summed E-state index contributed by atoms with van der Waals surface area (Å²) < 4.78 is 2.26. The number of hydrogen-bond acceptors (Lipinski definition) is 2. The quantitative estimate of drug-likeness (QED) is 0.708. The molecule has 0 bridgehead atoms. The van der Waals surface area contributed by atoms with E-state index in [0.717, 1.165) is 28.7 Å². The van der Waals surface area contributed by atoms with Crippen LogP contribution < -0.4 is 4.90 Å². The second-order valence-corrected chi connectivity index (χ2v) is 8.27. The molecule has 4 heteroatoms. The maximum atomic E-state index is 6.56. The van der Waals surface area contributed by atoms with E-state index in [2.05, 4.69) is 46.9 Å². The molecule has 3 nitrogen and oxygen atoms in total. The first-order valence-corrected chi connectivity index (χ1v) is 10.0. The van der Waals surface area contributed by atoms with Crippen LogP contribution in [0.3, 0.4) is 0 Å². The van der Waals surface area contributed by atoms with Gasteiger partial charge in [0, 0.05) is 49.4 Å². The predicted molar refractivity (Wildman–Crippen MR) is 105 cm³/mol. The van der Waals surface area contributed by atoms with Crippen molar-refractivity contribution in [2.75, 3.05) is 11.9 Å². The third-order valence-electron chi connectivity index (χ3n) is 6.00. The van der Waals surface area contributed by atoms with Crippen LogP contribution in [0.25, 0.3) is 11.1 Å². The van der Waals surface area contributed by atoms with Gasteiger partial charge in [0.25, 0.3) is 0 Å². The lowest BCUT2D eigenvalue weighted by Crippen LogP contribution is -2.33. The summed E-state index contributed by atoms with van der Waals surface area (Å²) in [6.45, 7) is 0. The summed E-state index contributed by atoms with van der Waals surface area (Å²) in [7, 11) is 4.33.